The predicted octanol–water partition coefficient (Wildman–Crippen LogP) is -1.24. The van der Waals surface area contributed by atoms with Crippen molar-refractivity contribution in [2.45, 2.75) is 13.2 Å². The Labute approximate surface area is 58.9 Å². The zero-order valence-electron chi connectivity index (χ0n) is 5.40. The van der Waals surface area contributed by atoms with Crippen LogP contribution in [0.2, 0.25) is 0 Å². The van der Waals surface area contributed by atoms with Crippen molar-refractivity contribution >= 4 is 13.5 Å². The molecule has 52 valence electrons. The second-order valence-corrected chi connectivity index (χ2v) is 1.86. The summed E-state index contributed by atoms with van der Waals surface area (Å²) in [6.07, 6.45) is -1.66. The first kappa shape index (κ1) is 7.30. The van der Waals surface area contributed by atoms with Gasteiger partial charge in [0, 0.05) is 6.92 Å². The highest BCUT2D eigenvalue weighted by molar-refractivity contribution is 6.30. The number of hydrogen-bond acceptors (Lipinski definition) is 4. The van der Waals surface area contributed by atoms with Gasteiger partial charge in [-0.25, -0.2) is 4.98 Å². The molecule has 0 aliphatic rings. The molecule has 1 rings (SSSR count). The maximum absolute atomic E-state index is 8.57. The second kappa shape index (κ2) is 2.44. The molecule has 0 atom stereocenters. The van der Waals surface area contributed by atoms with Crippen molar-refractivity contribution < 1.29 is 14.6 Å². The topological polar surface area (TPSA) is 66.5 Å². The third-order valence-electron chi connectivity index (χ3n) is 1.03. The second-order valence-electron chi connectivity index (χ2n) is 1.86. The summed E-state index contributed by atoms with van der Waals surface area (Å²) in [5, 5.41) is 17.1. The monoisotopic (exact) mass is 139 g/mol. The molecule has 1 aromatic rings. The normalized spacial score (nSPS) is 10.8. The van der Waals surface area contributed by atoms with Gasteiger partial charge in [0.25, 0.3) is 0 Å². The van der Waals surface area contributed by atoms with Gasteiger partial charge < -0.3 is 14.6 Å². The average molecular weight is 139 g/mol. The van der Waals surface area contributed by atoms with Gasteiger partial charge in [0.1, 0.15) is 5.69 Å². The quantitative estimate of drug-likeness (QED) is 0.377. The summed E-state index contributed by atoms with van der Waals surface area (Å²) in [7, 11) is 5.19. The van der Waals surface area contributed by atoms with Crippen molar-refractivity contribution in [1.29, 1.82) is 0 Å². The lowest BCUT2D eigenvalue weighted by molar-refractivity contribution is -0.0449. The molecule has 10 heavy (non-hydrogen) atoms. The van der Waals surface area contributed by atoms with E-state index in [1.54, 1.807) is 6.92 Å². The lowest BCUT2D eigenvalue weighted by Crippen LogP contribution is -2.10. The maximum atomic E-state index is 8.57. The van der Waals surface area contributed by atoms with Crippen LogP contribution in [-0.4, -0.2) is 23.0 Å². The zero-order chi connectivity index (χ0) is 7.72. The lowest BCUT2D eigenvalue weighted by atomic mass is 10.0. The van der Waals surface area contributed by atoms with Gasteiger partial charge in [0.15, 0.2) is 20.0 Å². The summed E-state index contributed by atoms with van der Waals surface area (Å²) >= 11 is 0. The fraction of sp³-hybridized carbons (Fsp3) is 0.400. The number of nitrogens with zero attached hydrogens (tertiary/aromatic N) is 1. The highest BCUT2D eigenvalue weighted by atomic mass is 16.5. The van der Waals surface area contributed by atoms with Crippen molar-refractivity contribution in [3.63, 3.8) is 0 Å². The van der Waals surface area contributed by atoms with Gasteiger partial charge in [0.05, 0.1) is 5.66 Å². The molecule has 0 saturated heterocycles. The summed E-state index contributed by atoms with van der Waals surface area (Å²) in [6, 6.07) is 0. The van der Waals surface area contributed by atoms with E-state index in [0.717, 1.165) is 0 Å². The molecule has 0 unspecified atom stereocenters. The molecular weight excluding hydrogens is 133 g/mol. The molecular formula is C5H6BNO3. The van der Waals surface area contributed by atoms with Crippen LogP contribution in [0.5, 0.6) is 0 Å². The average Bonchev–Trinajstić information content (AvgIpc) is 2.10. The number of hydrogen-bond donors (Lipinski definition) is 2. The number of aliphatic hydroxyl groups excluding tert-OH is 1. The van der Waals surface area contributed by atoms with Crippen LogP contribution in [0.25, 0.3) is 0 Å². The van der Waals surface area contributed by atoms with E-state index in [1.807, 2.05) is 0 Å². The molecule has 0 saturated carbocycles. The van der Waals surface area contributed by atoms with Crippen molar-refractivity contribution in [2.75, 3.05) is 0 Å². The van der Waals surface area contributed by atoms with E-state index in [0.29, 0.717) is 5.89 Å². The largest absolute Gasteiger partial charge is 0.457 e. The van der Waals surface area contributed by atoms with Crippen molar-refractivity contribution in [3.8, 4) is 0 Å². The Kier molecular flexibility index (Phi) is 1.78. The van der Waals surface area contributed by atoms with E-state index < -0.39 is 6.29 Å². The van der Waals surface area contributed by atoms with Crippen molar-refractivity contribution in [1.82, 2.24) is 4.98 Å². The van der Waals surface area contributed by atoms with E-state index in [-0.39, 0.29) is 11.4 Å². The predicted molar refractivity (Wildman–Crippen MR) is 33.8 cm³/mol. The number of aromatic nitrogens is 1. The first-order chi connectivity index (χ1) is 4.61. The van der Waals surface area contributed by atoms with Gasteiger partial charge in [-0.2, -0.15) is 0 Å². The fourth-order valence-electron chi connectivity index (χ4n) is 0.644. The van der Waals surface area contributed by atoms with Gasteiger partial charge >= 0.3 is 0 Å². The van der Waals surface area contributed by atoms with Crippen molar-refractivity contribution in [2.24, 2.45) is 0 Å². The molecule has 2 radical (unpaired) electrons. The van der Waals surface area contributed by atoms with E-state index in [1.165, 1.54) is 0 Å². The Morgan fingerprint density at radius 3 is 2.40 bits per heavy atom. The summed E-state index contributed by atoms with van der Waals surface area (Å²) in [5.41, 5.74) is -0.0787. The Morgan fingerprint density at radius 2 is 2.20 bits per heavy atom. The fourth-order valence-corrected chi connectivity index (χ4v) is 0.644. The van der Waals surface area contributed by atoms with Crippen LogP contribution in [0, 0.1) is 6.92 Å². The summed E-state index contributed by atoms with van der Waals surface area (Å²) in [4.78, 5) is 3.62. The highest BCUT2D eigenvalue weighted by Gasteiger charge is 2.11. The Hall–Kier alpha value is -0.805. The molecule has 0 aliphatic carbocycles. The van der Waals surface area contributed by atoms with Crippen LogP contribution in [0.1, 0.15) is 17.9 Å². The molecule has 0 aliphatic heterocycles. The van der Waals surface area contributed by atoms with E-state index in [9.17, 15) is 0 Å². The third kappa shape index (κ3) is 1.20. The molecule has 5 heteroatoms. The third-order valence-corrected chi connectivity index (χ3v) is 1.03. The minimum atomic E-state index is -1.66. The van der Waals surface area contributed by atoms with Crippen LogP contribution in [0.4, 0.5) is 0 Å². The molecule has 0 aromatic carbocycles. The minimum absolute atomic E-state index is 0.0301. The Bertz CT molecular complexity index is 233. The van der Waals surface area contributed by atoms with Crippen LogP contribution >= 0.6 is 0 Å². The molecule has 0 spiro atoms. The van der Waals surface area contributed by atoms with Crippen LogP contribution in [0.15, 0.2) is 4.42 Å². The molecule has 1 heterocycles. The van der Waals surface area contributed by atoms with Gasteiger partial charge in [0.2, 0.25) is 0 Å². The molecule has 1 aromatic heterocycles. The number of aryl methyl sites for hydroxylation is 1. The van der Waals surface area contributed by atoms with Crippen LogP contribution < -0.4 is 5.66 Å². The minimum Gasteiger partial charge on any atom is -0.457 e. The molecule has 0 amide bonds. The van der Waals surface area contributed by atoms with Crippen LogP contribution in [0.3, 0.4) is 0 Å². The number of aliphatic hydroxyl groups is 2. The van der Waals surface area contributed by atoms with E-state index in [4.69, 9.17) is 22.5 Å². The maximum Gasteiger partial charge on any atom is 0.198 e. The van der Waals surface area contributed by atoms with Crippen molar-refractivity contribution in [3.05, 3.63) is 11.6 Å². The summed E-state index contributed by atoms with van der Waals surface area (Å²) in [5.74, 6) is 0.320. The standard InChI is InChI=1S/C5H6BNO3/c1-2-7-3(5(8)9)4(6)10-2/h5,8-9H,1H3. The smallest absolute Gasteiger partial charge is 0.198 e. The Balaban J connectivity index is 3.03. The highest BCUT2D eigenvalue weighted by Crippen LogP contribution is 2.04. The molecule has 4 nitrogen and oxygen atoms in total. The van der Waals surface area contributed by atoms with E-state index in [2.05, 4.69) is 4.98 Å². The summed E-state index contributed by atoms with van der Waals surface area (Å²) in [6.45, 7) is 1.57. The van der Waals surface area contributed by atoms with Gasteiger partial charge in [-0.1, -0.05) is 0 Å². The molecule has 0 bridgehead atoms. The molecule has 0 fully saturated rings. The summed E-state index contributed by atoms with van der Waals surface area (Å²) < 4.78 is 4.72. The first-order valence-corrected chi connectivity index (χ1v) is 2.70. The number of rotatable bonds is 1. The number of oxazole rings is 1. The van der Waals surface area contributed by atoms with Gasteiger partial charge in [-0.05, 0) is 0 Å². The zero-order valence-corrected chi connectivity index (χ0v) is 5.40. The van der Waals surface area contributed by atoms with Gasteiger partial charge in [-0.15, -0.1) is 0 Å². The lowest BCUT2D eigenvalue weighted by Gasteiger charge is -1.96. The van der Waals surface area contributed by atoms with Gasteiger partial charge in [-0.3, -0.25) is 0 Å². The Morgan fingerprint density at radius 1 is 1.60 bits per heavy atom. The van der Waals surface area contributed by atoms with E-state index >= 15 is 0 Å². The first-order valence-electron chi connectivity index (χ1n) is 2.70. The molecule has 2 N–H and O–H groups in total. The SMILES string of the molecule is [B]c1oc(C)nc1C(O)O. The van der Waals surface area contributed by atoms with Crippen LogP contribution in [-0.2, 0) is 0 Å².